The average Bonchev–Trinajstić information content (AvgIpc) is 3.39. The minimum Gasteiger partial charge on any atom is -0.383 e. The van der Waals surface area contributed by atoms with Crippen LogP contribution < -0.4 is 5.32 Å². The number of amides is 1. The molecule has 2 heterocycles. The average molecular weight is 371 g/mol. The number of fused-ring (bicyclic) bond motifs is 1. The summed E-state index contributed by atoms with van der Waals surface area (Å²) >= 11 is 0. The van der Waals surface area contributed by atoms with Crippen LogP contribution in [-0.4, -0.2) is 45.7 Å². The van der Waals surface area contributed by atoms with Crippen LogP contribution in [0, 0.1) is 18.8 Å². The molecule has 27 heavy (non-hydrogen) atoms. The summed E-state index contributed by atoms with van der Waals surface area (Å²) in [6.07, 6.45) is 9.97. The largest absolute Gasteiger partial charge is 0.383 e. The van der Waals surface area contributed by atoms with Crippen LogP contribution in [-0.2, 0) is 28.0 Å². The SMILES string of the molecule is COCCn1nccc1C12CCC(C1)C2C(=O)NCCCn1cc(C)cn1. The van der Waals surface area contributed by atoms with Gasteiger partial charge in [0.1, 0.15) is 0 Å². The summed E-state index contributed by atoms with van der Waals surface area (Å²) in [5.41, 5.74) is 2.34. The Hall–Kier alpha value is -2.15. The van der Waals surface area contributed by atoms with Crippen LogP contribution in [0.2, 0.25) is 0 Å². The summed E-state index contributed by atoms with van der Waals surface area (Å²) in [7, 11) is 1.71. The maximum absolute atomic E-state index is 12.9. The summed E-state index contributed by atoms with van der Waals surface area (Å²) in [6.45, 7) is 4.94. The summed E-state index contributed by atoms with van der Waals surface area (Å²) in [4.78, 5) is 12.9. The van der Waals surface area contributed by atoms with Crippen LogP contribution in [0.1, 0.15) is 36.9 Å². The molecule has 0 aromatic carbocycles. The van der Waals surface area contributed by atoms with E-state index in [0.29, 0.717) is 19.1 Å². The molecule has 3 aliphatic carbocycles. The highest BCUT2D eigenvalue weighted by molar-refractivity contribution is 5.82. The van der Waals surface area contributed by atoms with Gasteiger partial charge in [0.05, 0.1) is 25.3 Å². The van der Waals surface area contributed by atoms with E-state index >= 15 is 0 Å². The van der Waals surface area contributed by atoms with Gasteiger partial charge in [-0.25, -0.2) is 0 Å². The van der Waals surface area contributed by atoms with Crippen LogP contribution >= 0.6 is 0 Å². The molecule has 146 valence electrons. The lowest BCUT2D eigenvalue weighted by atomic mass is 9.58. The molecule has 2 bridgehead atoms. The molecular weight excluding hydrogens is 342 g/mol. The molecule has 3 saturated carbocycles. The lowest BCUT2D eigenvalue weighted by Crippen LogP contribution is -2.53. The minimum atomic E-state index is -0.0297. The van der Waals surface area contributed by atoms with Crippen molar-refractivity contribution >= 4 is 5.91 Å². The predicted molar refractivity (Wildman–Crippen MR) is 101 cm³/mol. The van der Waals surface area contributed by atoms with Crippen LogP contribution in [0.4, 0.5) is 0 Å². The second kappa shape index (κ2) is 7.46. The van der Waals surface area contributed by atoms with Gasteiger partial charge in [0.25, 0.3) is 0 Å². The highest BCUT2D eigenvalue weighted by Gasteiger charge is 2.63. The lowest BCUT2D eigenvalue weighted by molar-refractivity contribution is -0.133. The number of carbonyl (C=O) groups excluding carboxylic acids is 1. The third-order valence-electron chi connectivity index (χ3n) is 6.30. The Labute approximate surface area is 160 Å². The Kier molecular flexibility index (Phi) is 5.04. The molecule has 3 aliphatic rings. The summed E-state index contributed by atoms with van der Waals surface area (Å²) in [5.74, 6) is 0.812. The van der Waals surface area contributed by atoms with Gasteiger partial charge in [-0.3, -0.25) is 14.2 Å². The van der Waals surface area contributed by atoms with Gasteiger partial charge in [-0.15, -0.1) is 0 Å². The molecular formula is C20H29N5O2. The molecule has 1 amide bonds. The maximum Gasteiger partial charge on any atom is 0.224 e. The summed E-state index contributed by atoms with van der Waals surface area (Å²) in [5, 5.41) is 11.9. The number of methoxy groups -OCH3 is 1. The number of nitrogens with zero attached hydrogens (tertiary/aromatic N) is 4. The number of hydrogen-bond acceptors (Lipinski definition) is 4. The van der Waals surface area contributed by atoms with E-state index in [2.05, 4.69) is 21.6 Å². The number of carbonyl (C=O) groups is 1. The van der Waals surface area contributed by atoms with Crippen LogP contribution in [0.25, 0.3) is 0 Å². The van der Waals surface area contributed by atoms with E-state index in [4.69, 9.17) is 4.74 Å². The first-order valence-corrected chi connectivity index (χ1v) is 9.92. The maximum atomic E-state index is 12.9. The highest BCUT2D eigenvalue weighted by Crippen LogP contribution is 2.63. The first kappa shape index (κ1) is 18.2. The van der Waals surface area contributed by atoms with Gasteiger partial charge in [-0.1, -0.05) is 0 Å². The minimum absolute atomic E-state index is 0.0297. The highest BCUT2D eigenvalue weighted by atomic mass is 16.5. The van der Waals surface area contributed by atoms with Crippen molar-refractivity contribution in [1.29, 1.82) is 0 Å². The number of aromatic nitrogens is 4. The third-order valence-corrected chi connectivity index (χ3v) is 6.30. The standard InChI is InChI=1S/C20H29N5O2/c1-15-13-23-24(14-15)9-3-7-21-19(26)18-16-4-6-20(18,12-16)17-5-8-22-25(17)10-11-27-2/h5,8,13-14,16,18H,3-4,6-7,9-12H2,1-2H3,(H,21,26). The quantitative estimate of drug-likeness (QED) is 0.684. The fraction of sp³-hybridized carbons (Fsp3) is 0.650. The zero-order valence-corrected chi connectivity index (χ0v) is 16.2. The number of ether oxygens (including phenoxy) is 1. The smallest absolute Gasteiger partial charge is 0.224 e. The predicted octanol–water partition coefficient (Wildman–Crippen LogP) is 1.91. The summed E-state index contributed by atoms with van der Waals surface area (Å²) in [6, 6.07) is 2.09. The van der Waals surface area contributed by atoms with Gasteiger partial charge in [-0.2, -0.15) is 10.2 Å². The zero-order chi connectivity index (χ0) is 18.9. The van der Waals surface area contributed by atoms with Crippen molar-refractivity contribution in [3.8, 4) is 0 Å². The molecule has 7 heteroatoms. The number of rotatable bonds is 9. The summed E-state index contributed by atoms with van der Waals surface area (Å²) < 4.78 is 9.18. The first-order chi connectivity index (χ1) is 13.1. The molecule has 3 atom stereocenters. The van der Waals surface area contributed by atoms with Crippen molar-refractivity contribution in [3.05, 3.63) is 35.9 Å². The monoisotopic (exact) mass is 371 g/mol. The molecule has 1 N–H and O–H groups in total. The Bertz CT molecular complexity index is 794. The Morgan fingerprint density at radius 3 is 3.04 bits per heavy atom. The van der Waals surface area contributed by atoms with Gasteiger partial charge < -0.3 is 10.1 Å². The normalized spacial score (nSPS) is 26.1. The van der Waals surface area contributed by atoms with Gasteiger partial charge in [0.2, 0.25) is 5.91 Å². The number of hydrogen-bond donors (Lipinski definition) is 1. The third kappa shape index (κ3) is 3.29. The number of nitrogens with one attached hydrogen (secondary N) is 1. The van der Waals surface area contributed by atoms with Crippen LogP contribution in [0.5, 0.6) is 0 Å². The molecule has 5 rings (SSSR count). The molecule has 0 aliphatic heterocycles. The van der Waals surface area contributed by atoms with Crippen LogP contribution in [0.3, 0.4) is 0 Å². The second-order valence-electron chi connectivity index (χ2n) is 7.99. The van der Waals surface area contributed by atoms with Crippen LogP contribution in [0.15, 0.2) is 24.7 Å². The Balaban J connectivity index is 1.35. The fourth-order valence-corrected chi connectivity index (χ4v) is 5.09. The second-order valence-corrected chi connectivity index (χ2v) is 7.99. The zero-order valence-electron chi connectivity index (χ0n) is 16.2. The molecule has 2 aromatic rings. The van der Waals surface area contributed by atoms with Crippen molar-refractivity contribution in [2.24, 2.45) is 11.8 Å². The van der Waals surface area contributed by atoms with E-state index in [1.54, 1.807) is 7.11 Å². The Morgan fingerprint density at radius 2 is 2.30 bits per heavy atom. The topological polar surface area (TPSA) is 74.0 Å². The van der Waals surface area contributed by atoms with E-state index in [0.717, 1.165) is 44.3 Å². The van der Waals surface area contributed by atoms with Crippen molar-refractivity contribution in [2.75, 3.05) is 20.3 Å². The van der Waals surface area contributed by atoms with Crippen molar-refractivity contribution < 1.29 is 9.53 Å². The van der Waals surface area contributed by atoms with Gasteiger partial charge in [-0.05, 0) is 50.2 Å². The molecule has 0 radical (unpaired) electrons. The molecule has 0 spiro atoms. The van der Waals surface area contributed by atoms with Crippen molar-refractivity contribution in [2.45, 2.75) is 51.1 Å². The van der Waals surface area contributed by atoms with Gasteiger partial charge in [0, 0.05) is 43.7 Å². The van der Waals surface area contributed by atoms with Gasteiger partial charge in [0.15, 0.2) is 0 Å². The number of aryl methyl sites for hydroxylation is 2. The fourth-order valence-electron chi connectivity index (χ4n) is 5.09. The van der Waals surface area contributed by atoms with Crippen molar-refractivity contribution in [3.63, 3.8) is 0 Å². The lowest BCUT2D eigenvalue weighted by Gasteiger charge is -2.46. The van der Waals surface area contributed by atoms with E-state index in [-0.39, 0.29) is 17.2 Å². The van der Waals surface area contributed by atoms with Gasteiger partial charge >= 0.3 is 0 Å². The molecule has 0 saturated heterocycles. The molecule has 2 aromatic heterocycles. The van der Waals surface area contributed by atoms with Crippen molar-refractivity contribution in [1.82, 2.24) is 24.9 Å². The molecule has 3 unspecified atom stereocenters. The first-order valence-electron chi connectivity index (χ1n) is 9.92. The van der Waals surface area contributed by atoms with E-state index in [9.17, 15) is 4.79 Å². The van der Waals surface area contributed by atoms with E-state index in [1.165, 1.54) is 5.69 Å². The Morgan fingerprint density at radius 1 is 1.41 bits per heavy atom. The van der Waals surface area contributed by atoms with E-state index in [1.807, 2.05) is 34.9 Å². The van der Waals surface area contributed by atoms with E-state index < -0.39 is 0 Å². The molecule has 7 nitrogen and oxygen atoms in total. The molecule has 3 fully saturated rings.